The zero-order chi connectivity index (χ0) is 18.4. The molecule has 2 fully saturated rings. The number of anilines is 1. The zero-order valence-corrected chi connectivity index (χ0v) is 15.5. The van der Waals surface area contributed by atoms with E-state index in [4.69, 9.17) is 4.74 Å². The fraction of sp³-hybridized carbons (Fsp3) is 0.600. The van der Waals surface area contributed by atoms with Crippen LogP contribution in [0.5, 0.6) is 0 Å². The average molecular weight is 359 g/mol. The Balaban J connectivity index is 1.45. The molecule has 6 heteroatoms. The van der Waals surface area contributed by atoms with Gasteiger partial charge in [-0.1, -0.05) is 25.1 Å². The van der Waals surface area contributed by atoms with Crippen molar-refractivity contribution in [3.8, 4) is 0 Å². The van der Waals surface area contributed by atoms with E-state index in [1.807, 2.05) is 30.3 Å². The zero-order valence-electron chi connectivity index (χ0n) is 15.5. The number of ether oxygens (including phenoxy) is 1. The van der Waals surface area contributed by atoms with Crippen molar-refractivity contribution in [3.05, 3.63) is 30.3 Å². The van der Waals surface area contributed by atoms with E-state index in [2.05, 4.69) is 17.1 Å². The van der Waals surface area contributed by atoms with Gasteiger partial charge in [0, 0.05) is 25.2 Å². The summed E-state index contributed by atoms with van der Waals surface area (Å²) in [5.41, 5.74) is 0.740. The first kappa shape index (κ1) is 18.9. The van der Waals surface area contributed by atoms with E-state index in [9.17, 15) is 9.59 Å². The third-order valence-corrected chi connectivity index (χ3v) is 5.27. The number of carbonyl (C=O) groups excluding carboxylic acids is 2. The number of hydrogen-bond acceptors (Lipinski definition) is 4. The summed E-state index contributed by atoms with van der Waals surface area (Å²) in [6.45, 7) is 6.55. The quantitative estimate of drug-likeness (QED) is 0.873. The van der Waals surface area contributed by atoms with Gasteiger partial charge in [-0.25, -0.2) is 0 Å². The minimum absolute atomic E-state index is 0.115. The van der Waals surface area contributed by atoms with Gasteiger partial charge >= 0.3 is 0 Å². The normalized spacial score (nSPS) is 22.2. The molecule has 0 radical (unpaired) electrons. The lowest BCUT2D eigenvalue weighted by molar-refractivity contribution is -0.144. The number of likely N-dealkylation sites (tertiary alicyclic amines) is 1. The molecule has 1 aromatic carbocycles. The molecule has 0 unspecified atom stereocenters. The molecule has 3 rings (SSSR count). The molecular formula is C20H29N3O3. The van der Waals surface area contributed by atoms with E-state index in [-0.39, 0.29) is 11.8 Å². The van der Waals surface area contributed by atoms with E-state index in [0.29, 0.717) is 26.1 Å². The van der Waals surface area contributed by atoms with E-state index >= 15 is 0 Å². The maximum Gasteiger partial charge on any atom is 0.255 e. The van der Waals surface area contributed by atoms with Gasteiger partial charge in [0.15, 0.2) is 6.10 Å². The van der Waals surface area contributed by atoms with E-state index < -0.39 is 6.10 Å². The second kappa shape index (κ2) is 9.14. The second-order valence-corrected chi connectivity index (χ2v) is 7.33. The number of piperidine rings is 1. The van der Waals surface area contributed by atoms with Crippen molar-refractivity contribution >= 4 is 17.5 Å². The summed E-state index contributed by atoms with van der Waals surface area (Å²) in [5.74, 6) is 0.716. The molecule has 1 atom stereocenters. The summed E-state index contributed by atoms with van der Waals surface area (Å²) in [7, 11) is 0. The van der Waals surface area contributed by atoms with E-state index in [0.717, 1.165) is 31.2 Å². The summed E-state index contributed by atoms with van der Waals surface area (Å²) in [6, 6.07) is 9.31. The maximum absolute atomic E-state index is 12.5. The van der Waals surface area contributed by atoms with Gasteiger partial charge < -0.3 is 19.9 Å². The number of nitrogens with one attached hydrogen (secondary N) is 1. The van der Waals surface area contributed by atoms with Crippen molar-refractivity contribution in [1.29, 1.82) is 0 Å². The molecule has 6 nitrogen and oxygen atoms in total. The number of carbonyl (C=O) groups is 2. The fourth-order valence-corrected chi connectivity index (χ4v) is 3.48. The van der Waals surface area contributed by atoms with Gasteiger partial charge in [0.1, 0.15) is 0 Å². The molecule has 2 aliphatic heterocycles. The highest BCUT2D eigenvalue weighted by molar-refractivity contribution is 5.94. The highest BCUT2D eigenvalue weighted by Crippen LogP contribution is 2.16. The number of nitrogens with zero attached hydrogens (tertiary/aromatic N) is 2. The van der Waals surface area contributed by atoms with Gasteiger partial charge in [0.05, 0.1) is 13.2 Å². The Kier molecular flexibility index (Phi) is 6.63. The van der Waals surface area contributed by atoms with Crippen LogP contribution in [0, 0.1) is 5.92 Å². The molecule has 142 valence electrons. The summed E-state index contributed by atoms with van der Waals surface area (Å²) < 4.78 is 5.58. The van der Waals surface area contributed by atoms with Crippen LogP contribution in [-0.2, 0) is 14.3 Å². The number of para-hydroxylation sites is 1. The molecule has 0 spiro atoms. The molecule has 0 saturated carbocycles. The Morgan fingerprint density at radius 1 is 1.15 bits per heavy atom. The summed E-state index contributed by atoms with van der Waals surface area (Å²) >= 11 is 0. The molecule has 0 bridgehead atoms. The van der Waals surface area contributed by atoms with Crippen LogP contribution < -0.4 is 5.32 Å². The topological polar surface area (TPSA) is 61.9 Å². The minimum atomic E-state index is -0.608. The summed E-state index contributed by atoms with van der Waals surface area (Å²) in [5, 5.41) is 2.85. The smallest absolute Gasteiger partial charge is 0.255 e. The molecular weight excluding hydrogens is 330 g/mol. The van der Waals surface area contributed by atoms with Crippen LogP contribution in [-0.4, -0.2) is 67.0 Å². The lowest BCUT2D eigenvalue weighted by Gasteiger charge is -2.34. The second-order valence-electron chi connectivity index (χ2n) is 7.33. The third-order valence-electron chi connectivity index (χ3n) is 5.27. The van der Waals surface area contributed by atoms with Crippen molar-refractivity contribution in [2.75, 3.05) is 44.6 Å². The van der Waals surface area contributed by atoms with Crippen molar-refractivity contribution in [3.63, 3.8) is 0 Å². The van der Waals surface area contributed by atoms with Gasteiger partial charge in [0.25, 0.3) is 5.91 Å². The molecule has 2 amide bonds. The Labute approximate surface area is 155 Å². The maximum atomic E-state index is 12.5. The first-order chi connectivity index (χ1) is 12.6. The van der Waals surface area contributed by atoms with Crippen molar-refractivity contribution in [1.82, 2.24) is 9.80 Å². The SMILES string of the molecule is CC1CCN(CCC(=O)N2CCO[C@@H](C(=O)Nc3ccccc3)C2)CC1. The van der Waals surface area contributed by atoms with Crippen LogP contribution in [0.4, 0.5) is 5.69 Å². The molecule has 2 saturated heterocycles. The first-order valence-corrected chi connectivity index (χ1v) is 9.59. The Hall–Kier alpha value is -1.92. The molecule has 2 aliphatic rings. The van der Waals surface area contributed by atoms with Crippen molar-refractivity contribution < 1.29 is 14.3 Å². The molecule has 1 N–H and O–H groups in total. The van der Waals surface area contributed by atoms with Crippen LogP contribution in [0.3, 0.4) is 0 Å². The lowest BCUT2D eigenvalue weighted by atomic mass is 9.99. The Bertz CT molecular complexity index is 600. The lowest BCUT2D eigenvalue weighted by Crippen LogP contribution is -2.50. The molecule has 1 aromatic rings. The summed E-state index contributed by atoms with van der Waals surface area (Å²) in [6.07, 6.45) is 2.34. The Morgan fingerprint density at radius 3 is 2.62 bits per heavy atom. The monoisotopic (exact) mass is 359 g/mol. The van der Waals surface area contributed by atoms with E-state index in [1.165, 1.54) is 12.8 Å². The van der Waals surface area contributed by atoms with Gasteiger partial charge in [0.2, 0.25) is 5.91 Å². The van der Waals surface area contributed by atoms with Gasteiger partial charge in [-0.3, -0.25) is 9.59 Å². The predicted molar refractivity (Wildman–Crippen MR) is 101 cm³/mol. The van der Waals surface area contributed by atoms with E-state index in [1.54, 1.807) is 4.90 Å². The van der Waals surface area contributed by atoms with Gasteiger partial charge in [-0.05, 0) is 44.0 Å². The highest BCUT2D eigenvalue weighted by Gasteiger charge is 2.29. The average Bonchev–Trinajstić information content (AvgIpc) is 2.68. The minimum Gasteiger partial charge on any atom is -0.365 e. The van der Waals surface area contributed by atoms with Gasteiger partial charge in [-0.2, -0.15) is 0 Å². The number of morpholine rings is 1. The largest absolute Gasteiger partial charge is 0.365 e. The molecule has 2 heterocycles. The standard InChI is InChI=1S/C20H29N3O3/c1-16-7-10-22(11-8-16)12-9-19(24)23-13-14-26-18(15-23)20(25)21-17-5-3-2-4-6-17/h2-6,16,18H,7-15H2,1H3,(H,21,25)/t18-/m1/s1. The predicted octanol–water partition coefficient (Wildman–Crippen LogP) is 1.97. The third kappa shape index (κ3) is 5.29. The number of rotatable bonds is 5. The first-order valence-electron chi connectivity index (χ1n) is 9.59. The fourth-order valence-electron chi connectivity index (χ4n) is 3.48. The summed E-state index contributed by atoms with van der Waals surface area (Å²) in [4.78, 5) is 29.1. The van der Waals surface area contributed by atoms with Crippen LogP contribution in [0.25, 0.3) is 0 Å². The van der Waals surface area contributed by atoms with Crippen LogP contribution in [0.2, 0.25) is 0 Å². The molecule has 0 aliphatic carbocycles. The van der Waals surface area contributed by atoms with Crippen LogP contribution >= 0.6 is 0 Å². The van der Waals surface area contributed by atoms with Crippen molar-refractivity contribution in [2.45, 2.75) is 32.3 Å². The van der Waals surface area contributed by atoms with Crippen molar-refractivity contribution in [2.24, 2.45) is 5.92 Å². The number of hydrogen-bond donors (Lipinski definition) is 1. The van der Waals surface area contributed by atoms with Crippen LogP contribution in [0.15, 0.2) is 30.3 Å². The van der Waals surface area contributed by atoms with Crippen LogP contribution in [0.1, 0.15) is 26.2 Å². The van der Waals surface area contributed by atoms with Gasteiger partial charge in [-0.15, -0.1) is 0 Å². The highest BCUT2D eigenvalue weighted by atomic mass is 16.5. The molecule has 0 aromatic heterocycles. The number of amides is 2. The Morgan fingerprint density at radius 2 is 1.88 bits per heavy atom. The molecule has 26 heavy (non-hydrogen) atoms. The number of benzene rings is 1.